The monoisotopic (exact) mass is 462 g/mol. The zero-order valence-corrected chi connectivity index (χ0v) is 18.9. The molecule has 0 aliphatic carbocycles. The Morgan fingerprint density at radius 3 is 2.53 bits per heavy atom. The SMILES string of the molecule is O=C(NCCCCN1CCN(c2nsc3ccccc23)CC1)c1cc(Cl)cc(Cl)c1. The summed E-state index contributed by atoms with van der Waals surface area (Å²) in [6.45, 7) is 5.77. The van der Waals surface area contributed by atoms with Crippen molar-refractivity contribution in [2.75, 3.05) is 44.2 Å². The molecule has 0 radical (unpaired) electrons. The molecule has 1 amide bonds. The van der Waals surface area contributed by atoms with Crippen molar-refractivity contribution in [3.63, 3.8) is 0 Å². The van der Waals surface area contributed by atoms with Gasteiger partial charge in [-0.25, -0.2) is 0 Å². The number of halogens is 2. The maximum Gasteiger partial charge on any atom is 0.251 e. The van der Waals surface area contributed by atoms with Crippen LogP contribution in [-0.4, -0.2) is 54.4 Å². The molecule has 0 bridgehead atoms. The third-order valence-electron chi connectivity index (χ3n) is 5.34. The van der Waals surface area contributed by atoms with Gasteiger partial charge in [0.15, 0.2) is 0 Å². The number of nitrogens with one attached hydrogen (secondary N) is 1. The number of hydrogen-bond donors (Lipinski definition) is 1. The van der Waals surface area contributed by atoms with E-state index in [0.29, 0.717) is 22.2 Å². The molecule has 0 saturated carbocycles. The predicted octanol–water partition coefficient (Wildman–Crippen LogP) is 4.94. The molecule has 0 spiro atoms. The zero-order valence-electron chi connectivity index (χ0n) is 16.6. The highest BCUT2D eigenvalue weighted by Gasteiger charge is 2.20. The first-order valence-electron chi connectivity index (χ1n) is 10.2. The van der Waals surface area contributed by atoms with E-state index in [1.54, 1.807) is 29.7 Å². The Balaban J connectivity index is 1.16. The zero-order chi connectivity index (χ0) is 20.9. The summed E-state index contributed by atoms with van der Waals surface area (Å²) in [6, 6.07) is 13.3. The van der Waals surface area contributed by atoms with E-state index in [0.717, 1.165) is 51.4 Å². The lowest BCUT2D eigenvalue weighted by Crippen LogP contribution is -2.46. The molecular formula is C22H24Cl2N4OS. The van der Waals surface area contributed by atoms with Crippen LogP contribution in [0.1, 0.15) is 23.2 Å². The molecule has 2 heterocycles. The largest absolute Gasteiger partial charge is 0.353 e. The van der Waals surface area contributed by atoms with E-state index in [-0.39, 0.29) is 5.91 Å². The summed E-state index contributed by atoms with van der Waals surface area (Å²) in [5, 5.41) is 5.14. The van der Waals surface area contributed by atoms with Crippen molar-refractivity contribution in [2.45, 2.75) is 12.8 Å². The van der Waals surface area contributed by atoms with Crippen LogP contribution in [0.5, 0.6) is 0 Å². The number of carbonyl (C=O) groups excluding carboxylic acids is 1. The second-order valence-electron chi connectivity index (χ2n) is 7.45. The highest BCUT2D eigenvalue weighted by atomic mass is 35.5. The first-order chi connectivity index (χ1) is 14.6. The molecule has 0 unspecified atom stereocenters. The Morgan fingerprint density at radius 1 is 1.03 bits per heavy atom. The van der Waals surface area contributed by atoms with Crippen molar-refractivity contribution in [1.82, 2.24) is 14.6 Å². The number of benzene rings is 2. The minimum Gasteiger partial charge on any atom is -0.353 e. The number of rotatable bonds is 7. The second-order valence-corrected chi connectivity index (χ2v) is 9.13. The molecular weight excluding hydrogens is 439 g/mol. The van der Waals surface area contributed by atoms with Gasteiger partial charge in [0.2, 0.25) is 0 Å². The molecule has 0 atom stereocenters. The summed E-state index contributed by atoms with van der Waals surface area (Å²) in [5.74, 6) is 0.989. The minimum absolute atomic E-state index is 0.136. The van der Waals surface area contributed by atoms with Gasteiger partial charge in [-0.05, 0) is 61.3 Å². The molecule has 1 aliphatic rings. The Labute approximate surface area is 190 Å². The van der Waals surface area contributed by atoms with Crippen molar-refractivity contribution in [3.8, 4) is 0 Å². The predicted molar refractivity (Wildman–Crippen MR) is 126 cm³/mol. The third kappa shape index (κ3) is 5.24. The van der Waals surface area contributed by atoms with Gasteiger partial charge in [0, 0.05) is 53.7 Å². The van der Waals surface area contributed by atoms with Gasteiger partial charge in [0.1, 0.15) is 5.82 Å². The van der Waals surface area contributed by atoms with Crippen molar-refractivity contribution in [1.29, 1.82) is 0 Å². The van der Waals surface area contributed by atoms with Gasteiger partial charge < -0.3 is 10.2 Å². The standard InChI is InChI=1S/C22H24Cl2N4OS/c23-17-13-16(14-18(24)15-17)22(29)25-7-3-4-8-27-9-11-28(12-10-27)21-19-5-1-2-6-20(19)30-26-21/h1-2,5-6,13-15H,3-4,7-12H2,(H,25,29). The summed E-state index contributed by atoms with van der Waals surface area (Å²) < 4.78 is 5.92. The third-order valence-corrected chi connectivity index (χ3v) is 6.60. The van der Waals surface area contributed by atoms with E-state index >= 15 is 0 Å². The van der Waals surface area contributed by atoms with Gasteiger partial charge >= 0.3 is 0 Å². The maximum atomic E-state index is 12.2. The van der Waals surface area contributed by atoms with Crippen LogP contribution >= 0.6 is 34.7 Å². The molecule has 8 heteroatoms. The summed E-state index contributed by atoms with van der Waals surface area (Å²) in [6.07, 6.45) is 1.99. The molecule has 2 aromatic carbocycles. The highest BCUT2D eigenvalue weighted by Crippen LogP contribution is 2.29. The molecule has 1 aromatic heterocycles. The van der Waals surface area contributed by atoms with Gasteiger partial charge in [0.05, 0.1) is 4.70 Å². The van der Waals surface area contributed by atoms with Crippen molar-refractivity contribution >= 4 is 56.5 Å². The van der Waals surface area contributed by atoms with E-state index < -0.39 is 0 Å². The summed E-state index contributed by atoms with van der Waals surface area (Å²) in [7, 11) is 0. The van der Waals surface area contributed by atoms with Crippen molar-refractivity contribution in [2.24, 2.45) is 0 Å². The van der Waals surface area contributed by atoms with Crippen LogP contribution in [0.15, 0.2) is 42.5 Å². The van der Waals surface area contributed by atoms with Crippen LogP contribution in [0.3, 0.4) is 0 Å². The van der Waals surface area contributed by atoms with E-state index in [1.165, 1.54) is 10.1 Å². The second kappa shape index (κ2) is 9.96. The number of hydrogen-bond acceptors (Lipinski definition) is 5. The number of nitrogens with zero attached hydrogens (tertiary/aromatic N) is 3. The minimum atomic E-state index is -0.136. The fourth-order valence-corrected chi connectivity index (χ4v) is 5.06. The number of amides is 1. The van der Waals surface area contributed by atoms with Crippen LogP contribution in [0.4, 0.5) is 5.82 Å². The lowest BCUT2D eigenvalue weighted by atomic mass is 10.2. The molecule has 1 N–H and O–H groups in total. The molecule has 1 fully saturated rings. The number of piperazine rings is 1. The van der Waals surface area contributed by atoms with E-state index in [9.17, 15) is 4.79 Å². The first-order valence-corrected chi connectivity index (χ1v) is 11.7. The summed E-state index contributed by atoms with van der Waals surface area (Å²) in [5.41, 5.74) is 0.498. The van der Waals surface area contributed by atoms with Gasteiger partial charge in [-0.3, -0.25) is 9.69 Å². The number of unbranched alkanes of at least 4 members (excludes halogenated alkanes) is 1. The fraction of sp³-hybridized carbons (Fsp3) is 0.364. The van der Waals surface area contributed by atoms with Crippen molar-refractivity contribution < 1.29 is 4.79 Å². The molecule has 3 aromatic rings. The molecule has 4 rings (SSSR count). The van der Waals surface area contributed by atoms with E-state index in [2.05, 4.69) is 43.8 Å². The molecule has 1 saturated heterocycles. The highest BCUT2D eigenvalue weighted by molar-refractivity contribution is 7.13. The summed E-state index contributed by atoms with van der Waals surface area (Å²) >= 11 is 13.5. The Morgan fingerprint density at radius 2 is 1.77 bits per heavy atom. The molecule has 30 heavy (non-hydrogen) atoms. The van der Waals surface area contributed by atoms with Gasteiger partial charge in [-0.15, -0.1) is 0 Å². The van der Waals surface area contributed by atoms with Gasteiger partial charge in [-0.1, -0.05) is 35.3 Å². The quantitative estimate of drug-likeness (QED) is 0.505. The molecule has 158 valence electrons. The smallest absolute Gasteiger partial charge is 0.251 e. The summed E-state index contributed by atoms with van der Waals surface area (Å²) in [4.78, 5) is 17.1. The fourth-order valence-electron chi connectivity index (χ4n) is 3.73. The average molecular weight is 463 g/mol. The van der Waals surface area contributed by atoms with Crippen LogP contribution in [0, 0.1) is 0 Å². The topological polar surface area (TPSA) is 48.5 Å². The van der Waals surface area contributed by atoms with Gasteiger partial charge in [-0.2, -0.15) is 4.37 Å². The van der Waals surface area contributed by atoms with E-state index in [1.807, 2.05) is 0 Å². The number of aromatic nitrogens is 1. The number of carbonyl (C=O) groups is 1. The Hall–Kier alpha value is -1.86. The van der Waals surface area contributed by atoms with Crippen molar-refractivity contribution in [3.05, 3.63) is 58.1 Å². The Kier molecular flexibility index (Phi) is 7.10. The maximum absolute atomic E-state index is 12.2. The van der Waals surface area contributed by atoms with Crippen LogP contribution in [0.25, 0.3) is 10.1 Å². The lowest BCUT2D eigenvalue weighted by molar-refractivity contribution is 0.0952. The van der Waals surface area contributed by atoms with Crippen LogP contribution < -0.4 is 10.2 Å². The van der Waals surface area contributed by atoms with E-state index in [4.69, 9.17) is 23.2 Å². The Bertz CT molecular complexity index is 997. The average Bonchev–Trinajstić information content (AvgIpc) is 3.17. The molecule has 5 nitrogen and oxygen atoms in total. The van der Waals surface area contributed by atoms with Crippen LogP contribution in [-0.2, 0) is 0 Å². The van der Waals surface area contributed by atoms with Crippen LogP contribution in [0.2, 0.25) is 10.0 Å². The normalized spacial score (nSPS) is 14.9. The van der Waals surface area contributed by atoms with Gasteiger partial charge in [0.25, 0.3) is 5.91 Å². The number of anilines is 1. The lowest BCUT2D eigenvalue weighted by Gasteiger charge is -2.35. The first kappa shape index (κ1) is 21.4. The molecule has 1 aliphatic heterocycles. The number of fused-ring (bicyclic) bond motifs is 1.